The molecule has 4 N–H and O–H groups in total. The summed E-state index contributed by atoms with van der Waals surface area (Å²) in [5.74, 6) is -2.61. The van der Waals surface area contributed by atoms with Crippen LogP contribution in [0, 0.1) is 5.92 Å². The Labute approximate surface area is 426 Å². The Hall–Kier alpha value is -7.71. The molecular formula is C54H52F3N9O7S. The highest BCUT2D eigenvalue weighted by Gasteiger charge is 2.37. The molecular weight excluding hydrogens is 976 g/mol. The summed E-state index contributed by atoms with van der Waals surface area (Å²) >= 11 is 1.36. The van der Waals surface area contributed by atoms with E-state index in [0.717, 1.165) is 57.6 Å². The molecule has 382 valence electrons. The number of nitrogens with zero attached hydrogens (tertiary/aromatic N) is 6. The summed E-state index contributed by atoms with van der Waals surface area (Å²) < 4.78 is 53.1. The molecule has 16 nitrogen and oxygen atoms in total. The topological polar surface area (TPSA) is 201 Å². The number of nitrogens with one attached hydrogen (secondary N) is 3. The first kappa shape index (κ1) is 49.9. The minimum absolute atomic E-state index is 0.00288. The second-order valence-electron chi connectivity index (χ2n) is 19.1. The van der Waals surface area contributed by atoms with Gasteiger partial charge in [0, 0.05) is 48.8 Å². The minimum Gasteiger partial charge on any atom is -0.491 e. The van der Waals surface area contributed by atoms with E-state index in [0.29, 0.717) is 66.9 Å². The summed E-state index contributed by atoms with van der Waals surface area (Å²) in [6, 6.07) is 24.8. The van der Waals surface area contributed by atoms with Crippen molar-refractivity contribution >= 4 is 78.7 Å². The Morgan fingerprint density at radius 3 is 2.47 bits per heavy atom. The lowest BCUT2D eigenvalue weighted by Gasteiger charge is -2.32. The fourth-order valence-corrected chi connectivity index (χ4v) is 11.2. The van der Waals surface area contributed by atoms with Gasteiger partial charge < -0.3 is 20.1 Å². The number of carboxylic acid groups (broad SMARTS) is 1. The zero-order valence-electron chi connectivity index (χ0n) is 40.5. The van der Waals surface area contributed by atoms with Crippen molar-refractivity contribution in [1.29, 1.82) is 0 Å². The third kappa shape index (κ3) is 10.7. The van der Waals surface area contributed by atoms with Crippen LogP contribution in [0.25, 0.3) is 32.2 Å². The van der Waals surface area contributed by atoms with E-state index >= 15 is 0 Å². The second kappa shape index (κ2) is 20.7. The van der Waals surface area contributed by atoms with Gasteiger partial charge in [0.25, 0.3) is 5.91 Å². The van der Waals surface area contributed by atoms with Gasteiger partial charge in [0.15, 0.2) is 10.8 Å². The molecule has 0 bridgehead atoms. The van der Waals surface area contributed by atoms with Crippen LogP contribution in [0.5, 0.6) is 5.75 Å². The molecule has 3 aliphatic heterocycles. The maximum Gasteiger partial charge on any atom is 0.417 e. The number of aryl methyl sites for hydroxylation is 1. The van der Waals surface area contributed by atoms with Crippen molar-refractivity contribution in [2.75, 3.05) is 41.7 Å². The summed E-state index contributed by atoms with van der Waals surface area (Å²) in [5, 5.41) is 24.4. The van der Waals surface area contributed by atoms with E-state index < -0.39 is 35.4 Å². The highest BCUT2D eigenvalue weighted by molar-refractivity contribution is 7.22. The first-order chi connectivity index (χ1) is 35.5. The number of carbonyl (C=O) groups excluding carboxylic acids is 4. The molecule has 6 heterocycles. The Kier molecular flexibility index (Phi) is 13.9. The number of anilines is 3. The number of carboxylic acids is 1. The van der Waals surface area contributed by atoms with E-state index in [2.05, 4.69) is 35.9 Å². The van der Waals surface area contributed by atoms with Crippen LogP contribution in [-0.2, 0) is 40.6 Å². The molecule has 7 aromatic rings. The molecule has 10 rings (SSSR count). The van der Waals surface area contributed by atoms with Gasteiger partial charge in [-0.05, 0) is 142 Å². The summed E-state index contributed by atoms with van der Waals surface area (Å²) in [7, 11) is 1.77. The van der Waals surface area contributed by atoms with Crippen LogP contribution in [0.3, 0.4) is 0 Å². The third-order valence-electron chi connectivity index (χ3n) is 14.2. The van der Waals surface area contributed by atoms with Crippen molar-refractivity contribution in [2.45, 2.75) is 76.6 Å². The average Bonchev–Trinajstić information content (AvgIpc) is 3.94. The van der Waals surface area contributed by atoms with E-state index in [4.69, 9.17) is 4.74 Å². The van der Waals surface area contributed by atoms with E-state index in [1.54, 1.807) is 30.8 Å². The number of carbonyl (C=O) groups is 5. The van der Waals surface area contributed by atoms with Gasteiger partial charge in [-0.2, -0.15) is 18.3 Å². The predicted molar refractivity (Wildman–Crippen MR) is 273 cm³/mol. The highest BCUT2D eigenvalue weighted by Crippen LogP contribution is 2.42. The molecule has 74 heavy (non-hydrogen) atoms. The lowest BCUT2D eigenvalue weighted by Crippen LogP contribution is -2.39. The van der Waals surface area contributed by atoms with Gasteiger partial charge in [0.2, 0.25) is 17.7 Å². The van der Waals surface area contributed by atoms with Gasteiger partial charge in [0.1, 0.15) is 11.6 Å². The van der Waals surface area contributed by atoms with Gasteiger partial charge in [-0.25, -0.2) is 14.8 Å². The molecule has 3 aromatic heterocycles. The molecule has 2 saturated heterocycles. The van der Waals surface area contributed by atoms with E-state index in [1.165, 1.54) is 35.6 Å². The van der Waals surface area contributed by atoms with Crippen molar-refractivity contribution in [3.8, 4) is 16.9 Å². The van der Waals surface area contributed by atoms with Gasteiger partial charge in [-0.15, -0.1) is 0 Å². The number of halogens is 3. The Morgan fingerprint density at radius 2 is 1.70 bits per heavy atom. The van der Waals surface area contributed by atoms with Crippen LogP contribution in [0.4, 0.5) is 29.8 Å². The fourth-order valence-electron chi connectivity index (χ4n) is 10.3. The standard InChI is InChI=1S/C54H52F3N9O7S/c1-30(10-11-31-20-23-65(24-21-31)29-47(68)58-33-12-14-38-43(26-33)64(2)63-48(38)39-17-19-46(67)61-51(39)70)73-34-13-15-35(41(27-34)54(55,56)57)36-16-18-45(60-49(36)52(71)72)66-25-22-32-6-5-7-37(40(32)28-66)50(69)62-53-59-42-8-3-4-9-44(42)74-53/h3-9,12-16,18,26-27,30-31,39H,10-11,17,19-25,28-29H2,1-2H3,(H,58,68)(H,71,72)(H,59,62,69)(H,61,67,70). The van der Waals surface area contributed by atoms with E-state index in [1.807, 2.05) is 53.4 Å². The van der Waals surface area contributed by atoms with Crippen molar-refractivity contribution in [2.24, 2.45) is 13.0 Å². The Balaban J connectivity index is 0.736. The molecule has 2 unspecified atom stereocenters. The van der Waals surface area contributed by atoms with Crippen LogP contribution in [0.1, 0.15) is 94.6 Å². The molecule has 4 amide bonds. The number of thiazole rings is 1. The van der Waals surface area contributed by atoms with Crippen molar-refractivity contribution in [1.82, 2.24) is 30.0 Å². The molecule has 4 aromatic carbocycles. The SMILES string of the molecule is CC(CCC1CCN(CC(=O)Nc2ccc3c(C4CCC(=O)NC4=O)nn(C)c3c2)CC1)Oc1ccc(-c2ccc(N3CCc4cccc(C(=O)Nc5nc6ccccc6s5)c4C3)nc2C(=O)O)c(C(F)(F)F)c1. The number of aromatic carboxylic acids is 1. The van der Waals surface area contributed by atoms with Crippen LogP contribution in [0.2, 0.25) is 0 Å². The monoisotopic (exact) mass is 1030 g/mol. The van der Waals surface area contributed by atoms with Gasteiger partial charge >= 0.3 is 12.1 Å². The molecule has 3 aliphatic rings. The van der Waals surface area contributed by atoms with Crippen LogP contribution in [0.15, 0.2) is 91.0 Å². The molecule has 0 saturated carbocycles. The lowest BCUT2D eigenvalue weighted by atomic mass is 9.91. The number of para-hydroxylation sites is 1. The summed E-state index contributed by atoms with van der Waals surface area (Å²) in [4.78, 5) is 76.5. The number of aromatic nitrogens is 4. The molecule has 0 radical (unpaired) electrons. The lowest BCUT2D eigenvalue weighted by molar-refractivity contribution is -0.137. The number of amides is 4. The number of benzene rings is 4. The van der Waals surface area contributed by atoms with E-state index in [9.17, 15) is 42.3 Å². The summed E-state index contributed by atoms with van der Waals surface area (Å²) in [5.41, 5.74) is 2.68. The maximum atomic E-state index is 14.8. The number of alkyl halides is 3. The average molecular weight is 1030 g/mol. The predicted octanol–water partition coefficient (Wildman–Crippen LogP) is 9.20. The highest BCUT2D eigenvalue weighted by atomic mass is 32.1. The second-order valence-corrected chi connectivity index (χ2v) is 20.2. The van der Waals surface area contributed by atoms with Crippen LogP contribution >= 0.6 is 11.3 Å². The number of ether oxygens (including phenoxy) is 1. The normalized spacial score (nSPS) is 17.0. The molecule has 2 atom stereocenters. The molecule has 0 spiro atoms. The molecule has 20 heteroatoms. The number of rotatable bonds is 14. The Bertz CT molecular complexity index is 3320. The fraction of sp³-hybridized carbons (Fsp3) is 0.333. The third-order valence-corrected chi connectivity index (χ3v) is 15.1. The van der Waals surface area contributed by atoms with Crippen molar-refractivity contribution in [3.63, 3.8) is 0 Å². The van der Waals surface area contributed by atoms with E-state index in [-0.39, 0.29) is 65.8 Å². The van der Waals surface area contributed by atoms with Gasteiger partial charge in [-0.1, -0.05) is 41.7 Å². The number of imide groups is 1. The quantitative estimate of drug-likeness (QED) is 0.0754. The smallest absolute Gasteiger partial charge is 0.417 e. The molecule has 2 fully saturated rings. The van der Waals surface area contributed by atoms with Crippen LogP contribution in [-0.4, -0.2) is 91.6 Å². The van der Waals surface area contributed by atoms with Crippen LogP contribution < -0.4 is 25.6 Å². The number of pyridine rings is 1. The summed E-state index contributed by atoms with van der Waals surface area (Å²) in [6.45, 7) is 4.06. The molecule has 0 aliphatic carbocycles. The Morgan fingerprint density at radius 1 is 0.905 bits per heavy atom. The zero-order valence-corrected chi connectivity index (χ0v) is 41.3. The van der Waals surface area contributed by atoms with Gasteiger partial charge in [0.05, 0.1) is 45.6 Å². The number of hydrogen-bond donors (Lipinski definition) is 4. The van der Waals surface area contributed by atoms with Crippen molar-refractivity contribution < 1.29 is 47.0 Å². The number of fused-ring (bicyclic) bond motifs is 3. The first-order valence-corrected chi connectivity index (χ1v) is 25.3. The van der Waals surface area contributed by atoms with Crippen molar-refractivity contribution in [3.05, 3.63) is 125 Å². The van der Waals surface area contributed by atoms with Gasteiger partial charge in [-0.3, -0.25) is 39.4 Å². The number of piperidine rings is 2. The largest absolute Gasteiger partial charge is 0.491 e. The maximum absolute atomic E-state index is 14.8. The first-order valence-electron chi connectivity index (χ1n) is 24.5. The number of likely N-dealkylation sites (tertiary alicyclic amines) is 1. The summed E-state index contributed by atoms with van der Waals surface area (Å²) in [6.07, 6.45) is -1.09. The number of hydrogen-bond acceptors (Lipinski definition) is 12. The minimum atomic E-state index is -4.85. The zero-order chi connectivity index (χ0) is 51.8.